The molecule has 0 saturated heterocycles. The lowest BCUT2D eigenvalue weighted by molar-refractivity contribution is -0.141. The highest BCUT2D eigenvalue weighted by atomic mass is 35.5. The summed E-state index contributed by atoms with van der Waals surface area (Å²) < 4.78 is 37.0. The van der Waals surface area contributed by atoms with Gasteiger partial charge in [0.05, 0.1) is 11.9 Å². The number of nitrogens with one attached hydrogen (secondary N) is 1. The van der Waals surface area contributed by atoms with E-state index in [1.807, 2.05) is 32.9 Å². The summed E-state index contributed by atoms with van der Waals surface area (Å²) in [7, 11) is -3.62. The SMILES string of the molecule is CC[C@@H](C(=O)NC(C)C)N(Cc1ccc(Cl)cc1)C(=O)CCCN(c1ccc2c(c1)OCO2)S(C)(=O)=O. The minimum Gasteiger partial charge on any atom is -0.454 e. The van der Waals surface area contributed by atoms with E-state index in [2.05, 4.69) is 5.32 Å². The lowest BCUT2D eigenvalue weighted by Gasteiger charge is -2.31. The molecule has 9 nitrogen and oxygen atoms in total. The molecule has 1 aliphatic heterocycles. The second-order valence-electron chi connectivity index (χ2n) is 9.21. The van der Waals surface area contributed by atoms with Gasteiger partial charge < -0.3 is 19.7 Å². The van der Waals surface area contributed by atoms with E-state index < -0.39 is 16.1 Å². The van der Waals surface area contributed by atoms with Crippen molar-refractivity contribution >= 4 is 39.1 Å². The quantitative estimate of drug-likeness (QED) is 0.428. The molecule has 0 spiro atoms. The summed E-state index contributed by atoms with van der Waals surface area (Å²) in [5, 5.41) is 3.48. The first-order valence-electron chi connectivity index (χ1n) is 12.2. The van der Waals surface area contributed by atoms with Gasteiger partial charge in [0.25, 0.3) is 0 Å². The summed E-state index contributed by atoms with van der Waals surface area (Å²) in [5.41, 5.74) is 1.27. The van der Waals surface area contributed by atoms with Crippen LogP contribution >= 0.6 is 11.6 Å². The van der Waals surface area contributed by atoms with Crippen LogP contribution in [0.3, 0.4) is 0 Å². The van der Waals surface area contributed by atoms with Gasteiger partial charge in [-0.1, -0.05) is 30.7 Å². The van der Waals surface area contributed by atoms with Crippen LogP contribution in [0.2, 0.25) is 5.02 Å². The van der Waals surface area contributed by atoms with Gasteiger partial charge in [0, 0.05) is 36.6 Å². The Morgan fingerprint density at radius 2 is 1.76 bits per heavy atom. The summed E-state index contributed by atoms with van der Waals surface area (Å²) in [6.07, 6.45) is 1.88. The molecular weight excluding hydrogens is 518 g/mol. The number of nitrogens with zero attached hydrogens (tertiary/aromatic N) is 2. The highest BCUT2D eigenvalue weighted by molar-refractivity contribution is 7.92. The fraction of sp³-hybridized carbons (Fsp3) is 0.462. The number of ether oxygens (including phenoxy) is 2. The van der Waals surface area contributed by atoms with Crippen LogP contribution in [-0.4, -0.2) is 56.8 Å². The lowest BCUT2D eigenvalue weighted by atomic mass is 10.1. The maximum Gasteiger partial charge on any atom is 0.243 e. The largest absolute Gasteiger partial charge is 0.454 e. The predicted octanol–water partition coefficient (Wildman–Crippen LogP) is 3.95. The molecule has 0 bridgehead atoms. The first kappa shape index (κ1) is 28.6. The summed E-state index contributed by atoms with van der Waals surface area (Å²) in [4.78, 5) is 27.9. The maximum absolute atomic E-state index is 13.4. The third-order valence-corrected chi connectivity index (χ3v) is 7.33. The second-order valence-corrected chi connectivity index (χ2v) is 11.6. The van der Waals surface area contributed by atoms with E-state index in [1.165, 1.54) is 4.31 Å². The van der Waals surface area contributed by atoms with Gasteiger partial charge >= 0.3 is 0 Å². The number of benzene rings is 2. The van der Waals surface area contributed by atoms with E-state index in [1.54, 1.807) is 35.2 Å². The molecule has 0 radical (unpaired) electrons. The molecule has 0 saturated carbocycles. The van der Waals surface area contributed by atoms with Gasteiger partial charge in [-0.05, 0) is 56.5 Å². The van der Waals surface area contributed by atoms with E-state index in [0.29, 0.717) is 28.6 Å². The molecule has 0 aliphatic carbocycles. The minimum atomic E-state index is -3.62. The highest BCUT2D eigenvalue weighted by Crippen LogP contribution is 2.36. The highest BCUT2D eigenvalue weighted by Gasteiger charge is 2.29. The number of carbonyl (C=O) groups is 2. The number of halogens is 1. The Kier molecular flexibility index (Phi) is 9.67. The van der Waals surface area contributed by atoms with Crippen LogP contribution in [0.15, 0.2) is 42.5 Å². The molecule has 1 N–H and O–H groups in total. The third-order valence-electron chi connectivity index (χ3n) is 5.88. The first-order chi connectivity index (χ1) is 17.5. The smallest absolute Gasteiger partial charge is 0.243 e. The molecule has 2 amide bonds. The Hall–Kier alpha value is -2.98. The summed E-state index contributed by atoms with van der Waals surface area (Å²) in [5.74, 6) is 0.562. The van der Waals surface area contributed by atoms with Crippen LogP contribution in [0.4, 0.5) is 5.69 Å². The molecule has 3 rings (SSSR count). The molecule has 0 aromatic heterocycles. The van der Waals surface area contributed by atoms with Gasteiger partial charge in [0.15, 0.2) is 11.5 Å². The molecule has 2 aromatic rings. The van der Waals surface area contributed by atoms with Gasteiger partial charge in [-0.15, -0.1) is 0 Å². The molecule has 1 atom stereocenters. The molecule has 2 aromatic carbocycles. The topological polar surface area (TPSA) is 105 Å². The fourth-order valence-electron chi connectivity index (χ4n) is 4.13. The number of anilines is 1. The molecule has 0 fully saturated rings. The van der Waals surface area contributed by atoms with Crippen LogP contribution in [0.25, 0.3) is 0 Å². The van der Waals surface area contributed by atoms with Gasteiger partial charge in [-0.25, -0.2) is 8.42 Å². The van der Waals surface area contributed by atoms with Crippen molar-refractivity contribution in [3.63, 3.8) is 0 Å². The van der Waals surface area contributed by atoms with Crippen molar-refractivity contribution in [2.75, 3.05) is 23.9 Å². The molecular formula is C26H34ClN3O6S. The Morgan fingerprint density at radius 1 is 1.08 bits per heavy atom. The van der Waals surface area contributed by atoms with Crippen molar-refractivity contribution in [3.05, 3.63) is 53.1 Å². The van der Waals surface area contributed by atoms with Crippen molar-refractivity contribution < 1.29 is 27.5 Å². The van der Waals surface area contributed by atoms with Crippen molar-refractivity contribution in [2.45, 2.75) is 58.7 Å². The molecule has 1 heterocycles. The van der Waals surface area contributed by atoms with Crippen LogP contribution in [-0.2, 0) is 26.2 Å². The zero-order chi connectivity index (χ0) is 27.2. The van der Waals surface area contributed by atoms with E-state index in [0.717, 1.165) is 11.8 Å². The summed E-state index contributed by atoms with van der Waals surface area (Å²) in [6.45, 7) is 6.00. The number of amides is 2. The van der Waals surface area contributed by atoms with Crippen molar-refractivity contribution in [1.82, 2.24) is 10.2 Å². The summed E-state index contributed by atoms with van der Waals surface area (Å²) >= 11 is 6.01. The molecule has 0 unspecified atom stereocenters. The zero-order valence-corrected chi connectivity index (χ0v) is 23.1. The molecule has 37 heavy (non-hydrogen) atoms. The number of hydrogen-bond donors (Lipinski definition) is 1. The second kappa shape index (κ2) is 12.5. The number of rotatable bonds is 12. The van der Waals surface area contributed by atoms with E-state index in [4.69, 9.17) is 21.1 Å². The predicted molar refractivity (Wildman–Crippen MR) is 143 cm³/mol. The Bertz CT molecular complexity index is 1200. The van der Waals surface area contributed by atoms with Crippen LogP contribution in [0, 0.1) is 0 Å². The molecule has 11 heteroatoms. The lowest BCUT2D eigenvalue weighted by Crippen LogP contribution is -2.50. The number of carbonyl (C=O) groups excluding carboxylic acids is 2. The molecule has 202 valence electrons. The molecule has 1 aliphatic rings. The number of sulfonamides is 1. The van der Waals surface area contributed by atoms with Gasteiger partial charge in [0.2, 0.25) is 28.6 Å². The minimum absolute atomic E-state index is 0.0651. The zero-order valence-electron chi connectivity index (χ0n) is 21.6. The van der Waals surface area contributed by atoms with E-state index in [9.17, 15) is 18.0 Å². The number of fused-ring (bicyclic) bond motifs is 1. The Morgan fingerprint density at radius 3 is 2.38 bits per heavy atom. The van der Waals surface area contributed by atoms with Crippen LogP contribution in [0.5, 0.6) is 11.5 Å². The third kappa shape index (κ3) is 7.75. The average molecular weight is 552 g/mol. The van der Waals surface area contributed by atoms with Crippen molar-refractivity contribution in [1.29, 1.82) is 0 Å². The van der Waals surface area contributed by atoms with Crippen molar-refractivity contribution in [2.24, 2.45) is 0 Å². The first-order valence-corrected chi connectivity index (χ1v) is 14.4. The van der Waals surface area contributed by atoms with Crippen LogP contribution in [0.1, 0.15) is 45.6 Å². The number of hydrogen-bond acceptors (Lipinski definition) is 6. The average Bonchev–Trinajstić information content (AvgIpc) is 3.29. The van der Waals surface area contributed by atoms with Gasteiger partial charge in [-0.3, -0.25) is 13.9 Å². The van der Waals surface area contributed by atoms with Gasteiger partial charge in [0.1, 0.15) is 6.04 Å². The van der Waals surface area contributed by atoms with Crippen molar-refractivity contribution in [3.8, 4) is 11.5 Å². The van der Waals surface area contributed by atoms with E-state index >= 15 is 0 Å². The normalized spacial score (nSPS) is 13.4. The standard InChI is InChI=1S/C26H34ClN3O6S/c1-5-22(26(32)28-18(2)3)29(16-19-8-10-20(27)11-9-19)25(31)7-6-14-30(37(4,33)34)21-12-13-23-24(15-21)36-17-35-23/h8-13,15,18,22H,5-7,14,16-17H2,1-4H3,(H,28,32)/t22-/m0/s1. The maximum atomic E-state index is 13.4. The van der Waals surface area contributed by atoms with Crippen LogP contribution < -0.4 is 19.1 Å². The fourth-order valence-corrected chi connectivity index (χ4v) is 5.21. The summed E-state index contributed by atoms with van der Waals surface area (Å²) in [6, 6.07) is 11.3. The Labute approximate surface area is 223 Å². The Balaban J connectivity index is 1.76. The van der Waals surface area contributed by atoms with Gasteiger partial charge in [-0.2, -0.15) is 0 Å². The monoisotopic (exact) mass is 551 g/mol. The van der Waals surface area contributed by atoms with E-state index in [-0.39, 0.29) is 50.6 Å².